The van der Waals surface area contributed by atoms with Gasteiger partial charge in [0.25, 0.3) is 5.91 Å². The van der Waals surface area contributed by atoms with Crippen molar-refractivity contribution in [3.8, 4) is 22.9 Å². The second-order valence-corrected chi connectivity index (χ2v) is 6.11. The number of aromatic nitrogens is 4. The molecule has 0 aliphatic rings. The van der Waals surface area contributed by atoms with Crippen LogP contribution in [-0.4, -0.2) is 45.4 Å². The normalized spacial score (nSPS) is 10.1. The van der Waals surface area contributed by atoms with Gasteiger partial charge in [-0.05, 0) is 47.8 Å². The number of hydrogen-bond donors (Lipinski definition) is 3. The van der Waals surface area contributed by atoms with Crippen molar-refractivity contribution in [3.05, 3.63) is 48.5 Å². The summed E-state index contributed by atoms with van der Waals surface area (Å²) >= 11 is 5.12. The number of hydrogen-bond acceptors (Lipinski definition) is 7. The Morgan fingerprint density at radius 1 is 1.07 bits per heavy atom. The molecule has 3 N–H and O–H groups in total. The number of nitrogens with one attached hydrogen (secondary N) is 3. The van der Waals surface area contributed by atoms with Gasteiger partial charge in [0, 0.05) is 11.3 Å². The van der Waals surface area contributed by atoms with Gasteiger partial charge in [-0.2, -0.15) is 4.80 Å². The van der Waals surface area contributed by atoms with Gasteiger partial charge in [0.1, 0.15) is 6.54 Å². The first kappa shape index (κ1) is 20.0. The lowest BCUT2D eigenvalue weighted by Gasteiger charge is -2.11. The van der Waals surface area contributed by atoms with Crippen molar-refractivity contribution in [1.29, 1.82) is 0 Å². The van der Waals surface area contributed by atoms with Crippen molar-refractivity contribution in [2.75, 3.05) is 19.5 Å². The molecule has 0 atom stereocenters. The first-order valence-corrected chi connectivity index (χ1v) is 8.91. The van der Waals surface area contributed by atoms with Gasteiger partial charge in [-0.1, -0.05) is 18.2 Å². The van der Waals surface area contributed by atoms with Gasteiger partial charge >= 0.3 is 0 Å². The van der Waals surface area contributed by atoms with Crippen LogP contribution >= 0.6 is 12.2 Å². The Balaban J connectivity index is 1.54. The fraction of sp³-hybridized carbons (Fsp3) is 0.167. The van der Waals surface area contributed by atoms with Gasteiger partial charge in [-0.15, -0.1) is 10.2 Å². The SMILES string of the molecule is COc1ccc(-c2nnn(CC(=O)NNC(=S)Nc3ccccc3)n2)cc1OC. The summed E-state index contributed by atoms with van der Waals surface area (Å²) in [7, 11) is 3.10. The van der Waals surface area contributed by atoms with Crippen molar-refractivity contribution >= 4 is 28.9 Å². The summed E-state index contributed by atoms with van der Waals surface area (Å²) in [6, 6.07) is 14.6. The van der Waals surface area contributed by atoms with E-state index in [1.165, 1.54) is 4.80 Å². The zero-order valence-electron chi connectivity index (χ0n) is 15.7. The third-order valence-electron chi connectivity index (χ3n) is 3.73. The second-order valence-electron chi connectivity index (χ2n) is 5.71. The number of carbonyl (C=O) groups excluding carboxylic acids is 1. The number of hydrazine groups is 1. The molecule has 1 heterocycles. The zero-order valence-corrected chi connectivity index (χ0v) is 16.6. The number of anilines is 1. The van der Waals surface area contributed by atoms with E-state index in [0.717, 1.165) is 5.69 Å². The van der Waals surface area contributed by atoms with Crippen LogP contribution in [0.25, 0.3) is 11.4 Å². The number of carbonyl (C=O) groups is 1. The fourth-order valence-electron chi connectivity index (χ4n) is 2.38. The summed E-state index contributed by atoms with van der Waals surface area (Å²) in [5, 5.41) is 15.3. The Bertz CT molecular complexity index is 994. The molecule has 0 saturated heterocycles. The van der Waals surface area contributed by atoms with Gasteiger partial charge in [-0.3, -0.25) is 15.6 Å². The van der Waals surface area contributed by atoms with Crippen LogP contribution in [0.1, 0.15) is 0 Å². The number of benzene rings is 2. The highest BCUT2D eigenvalue weighted by Crippen LogP contribution is 2.30. The number of rotatable bonds is 6. The Morgan fingerprint density at radius 3 is 2.55 bits per heavy atom. The van der Waals surface area contributed by atoms with E-state index in [4.69, 9.17) is 21.7 Å². The van der Waals surface area contributed by atoms with E-state index in [1.807, 2.05) is 30.3 Å². The molecular formula is C18H19N7O3S. The van der Waals surface area contributed by atoms with Crippen LogP contribution in [0.3, 0.4) is 0 Å². The summed E-state index contributed by atoms with van der Waals surface area (Å²) in [6.07, 6.45) is 0. The average Bonchev–Trinajstić information content (AvgIpc) is 3.21. The standard InChI is InChI=1S/C18H19N7O3S/c1-27-14-9-8-12(10-15(14)28-2)17-21-24-25(23-17)11-16(26)20-22-18(29)19-13-6-4-3-5-7-13/h3-10H,11H2,1-2H3,(H,20,26)(H2,19,22,29). The highest BCUT2D eigenvalue weighted by atomic mass is 32.1. The number of thiocarbonyl (C=S) groups is 1. The lowest BCUT2D eigenvalue weighted by atomic mass is 10.2. The second kappa shape index (κ2) is 9.46. The Morgan fingerprint density at radius 2 is 1.83 bits per heavy atom. The van der Waals surface area contributed by atoms with Crippen molar-refractivity contribution in [3.63, 3.8) is 0 Å². The Hall–Kier alpha value is -3.73. The van der Waals surface area contributed by atoms with E-state index in [2.05, 4.69) is 31.6 Å². The molecule has 10 nitrogen and oxygen atoms in total. The van der Waals surface area contributed by atoms with Gasteiger partial charge < -0.3 is 14.8 Å². The molecule has 3 rings (SSSR count). The van der Waals surface area contributed by atoms with Crippen LogP contribution in [0.15, 0.2) is 48.5 Å². The molecule has 150 valence electrons. The van der Waals surface area contributed by atoms with Crippen LogP contribution in [0.2, 0.25) is 0 Å². The van der Waals surface area contributed by atoms with Gasteiger partial charge in [0.15, 0.2) is 16.6 Å². The largest absolute Gasteiger partial charge is 0.493 e. The summed E-state index contributed by atoms with van der Waals surface area (Å²) in [4.78, 5) is 13.3. The van der Waals surface area contributed by atoms with Gasteiger partial charge in [-0.25, -0.2) is 0 Å². The number of para-hydroxylation sites is 1. The zero-order chi connectivity index (χ0) is 20.6. The monoisotopic (exact) mass is 413 g/mol. The molecular weight excluding hydrogens is 394 g/mol. The first-order chi connectivity index (χ1) is 14.1. The third kappa shape index (κ3) is 5.39. The average molecular weight is 413 g/mol. The Kier molecular flexibility index (Phi) is 6.53. The lowest BCUT2D eigenvalue weighted by Crippen LogP contribution is -2.45. The van der Waals surface area contributed by atoms with Crippen molar-refractivity contribution < 1.29 is 14.3 Å². The van der Waals surface area contributed by atoms with E-state index in [1.54, 1.807) is 32.4 Å². The predicted octanol–water partition coefficient (Wildman–Crippen LogP) is 1.38. The molecule has 0 unspecified atom stereocenters. The highest BCUT2D eigenvalue weighted by Gasteiger charge is 2.12. The summed E-state index contributed by atoms with van der Waals surface area (Å²) in [5.74, 6) is 1.10. The molecule has 29 heavy (non-hydrogen) atoms. The molecule has 11 heteroatoms. The van der Waals surface area contributed by atoms with E-state index in [0.29, 0.717) is 22.9 Å². The lowest BCUT2D eigenvalue weighted by molar-refractivity contribution is -0.122. The summed E-state index contributed by atoms with van der Waals surface area (Å²) in [5.41, 5.74) is 6.58. The van der Waals surface area contributed by atoms with Crippen molar-refractivity contribution in [2.45, 2.75) is 6.54 Å². The first-order valence-electron chi connectivity index (χ1n) is 8.50. The van der Waals surface area contributed by atoms with Crippen LogP contribution in [0.4, 0.5) is 5.69 Å². The van der Waals surface area contributed by atoms with E-state index >= 15 is 0 Å². The van der Waals surface area contributed by atoms with Gasteiger partial charge in [0.2, 0.25) is 5.82 Å². The van der Waals surface area contributed by atoms with Crippen LogP contribution in [-0.2, 0) is 11.3 Å². The minimum absolute atomic E-state index is 0.138. The molecule has 1 amide bonds. The molecule has 0 aliphatic heterocycles. The van der Waals surface area contributed by atoms with Crippen LogP contribution in [0, 0.1) is 0 Å². The molecule has 0 fully saturated rings. The maximum Gasteiger partial charge on any atom is 0.262 e. The molecule has 0 saturated carbocycles. The molecule has 1 aromatic heterocycles. The minimum Gasteiger partial charge on any atom is -0.493 e. The van der Waals surface area contributed by atoms with E-state index in [9.17, 15) is 4.79 Å². The van der Waals surface area contributed by atoms with Crippen LogP contribution in [0.5, 0.6) is 11.5 Å². The maximum atomic E-state index is 12.1. The molecule has 3 aromatic rings. The summed E-state index contributed by atoms with van der Waals surface area (Å²) in [6.45, 7) is -0.138. The molecule has 0 spiro atoms. The van der Waals surface area contributed by atoms with E-state index in [-0.39, 0.29) is 11.7 Å². The van der Waals surface area contributed by atoms with Crippen molar-refractivity contribution in [2.24, 2.45) is 0 Å². The van der Waals surface area contributed by atoms with Gasteiger partial charge in [0.05, 0.1) is 14.2 Å². The molecule has 0 radical (unpaired) electrons. The van der Waals surface area contributed by atoms with E-state index < -0.39 is 5.91 Å². The van der Waals surface area contributed by atoms with Crippen molar-refractivity contribution in [1.82, 2.24) is 31.1 Å². The smallest absolute Gasteiger partial charge is 0.262 e. The predicted molar refractivity (Wildman–Crippen MR) is 110 cm³/mol. The minimum atomic E-state index is -0.390. The number of amides is 1. The number of ether oxygens (including phenoxy) is 2. The maximum absolute atomic E-state index is 12.1. The number of tetrazole rings is 1. The number of methoxy groups -OCH3 is 2. The molecule has 0 bridgehead atoms. The number of nitrogens with zero attached hydrogens (tertiary/aromatic N) is 4. The third-order valence-corrected chi connectivity index (χ3v) is 3.93. The Labute approximate surface area is 172 Å². The molecule has 2 aromatic carbocycles. The quantitative estimate of drug-likeness (QED) is 0.407. The summed E-state index contributed by atoms with van der Waals surface area (Å²) < 4.78 is 10.5. The molecule has 0 aliphatic carbocycles. The topological polar surface area (TPSA) is 115 Å². The highest BCUT2D eigenvalue weighted by molar-refractivity contribution is 7.80. The fourth-order valence-corrected chi connectivity index (χ4v) is 2.55. The van der Waals surface area contributed by atoms with Crippen LogP contribution < -0.4 is 25.6 Å².